The fourth-order valence-corrected chi connectivity index (χ4v) is 6.19. The van der Waals surface area contributed by atoms with Crippen LogP contribution in [0, 0.1) is 11.8 Å². The first-order valence-corrected chi connectivity index (χ1v) is 20.9. The van der Waals surface area contributed by atoms with Crippen molar-refractivity contribution in [1.29, 1.82) is 0 Å². The largest absolute Gasteiger partial charge is 0.466 e. The highest BCUT2D eigenvalue weighted by Gasteiger charge is 2.31. The fraction of sp³-hybridized carbons (Fsp3) is 0.564. The maximum Gasteiger partial charge on any atom is 0.419 e. The van der Waals surface area contributed by atoms with Crippen LogP contribution >= 0.6 is 0 Å². The van der Waals surface area contributed by atoms with Crippen molar-refractivity contribution in [1.82, 2.24) is 4.57 Å². The summed E-state index contributed by atoms with van der Waals surface area (Å²) in [6, 6.07) is 18.8. The molecule has 2 atom stereocenters. The molecule has 0 aliphatic heterocycles. The second-order valence-electron chi connectivity index (χ2n) is 15.9. The molecule has 7 nitrogen and oxygen atoms in total. The van der Waals surface area contributed by atoms with Gasteiger partial charge in [0.2, 0.25) is 0 Å². The monoisotopic (exact) mass is 663 g/mol. The van der Waals surface area contributed by atoms with Crippen molar-refractivity contribution < 1.29 is 28.6 Å². The summed E-state index contributed by atoms with van der Waals surface area (Å²) in [5.74, 6) is -1.25. The first-order chi connectivity index (χ1) is 21.9. The predicted molar refractivity (Wildman–Crippen MR) is 193 cm³/mol. The predicted octanol–water partition coefficient (Wildman–Crippen LogP) is 10.1. The van der Waals surface area contributed by atoms with Crippen LogP contribution in [-0.2, 0) is 30.2 Å². The maximum atomic E-state index is 13.5. The standard InChI is InChI=1S/C39H57NO6Si/c1-11-12-15-31(36(42)45-38(2,3)4)26-32(35(41)44-24-25-47(8,9)10)23-20-28-18-21-29(22-19-28)34-27-30-16-13-14-17-33(30)40(34)37(43)46-39(5,6)7/h13-14,16-19,21-22,27,31-32H,11-12,15,20,23-26H2,1-10H3/t31-,32+/m0/s1. The van der Waals surface area contributed by atoms with Crippen molar-refractivity contribution >= 4 is 37.0 Å². The first kappa shape index (κ1) is 38.1. The average Bonchev–Trinajstić information content (AvgIpc) is 3.34. The van der Waals surface area contributed by atoms with Crippen molar-refractivity contribution in [3.05, 3.63) is 60.2 Å². The topological polar surface area (TPSA) is 83.8 Å². The van der Waals surface area contributed by atoms with Crippen LogP contribution in [0.5, 0.6) is 0 Å². The highest BCUT2D eigenvalue weighted by atomic mass is 28.3. The Kier molecular flexibility index (Phi) is 13.1. The van der Waals surface area contributed by atoms with Gasteiger partial charge in [-0.25, -0.2) is 9.36 Å². The van der Waals surface area contributed by atoms with Gasteiger partial charge in [0.25, 0.3) is 0 Å². The molecule has 47 heavy (non-hydrogen) atoms. The molecule has 0 aliphatic rings. The lowest BCUT2D eigenvalue weighted by Crippen LogP contribution is -2.32. The summed E-state index contributed by atoms with van der Waals surface area (Å²) in [5.41, 5.74) is 2.28. The Labute approximate surface area is 283 Å². The molecular formula is C39H57NO6Si. The van der Waals surface area contributed by atoms with Crippen LogP contribution in [-0.4, -0.2) is 48.5 Å². The van der Waals surface area contributed by atoms with Gasteiger partial charge in [0, 0.05) is 13.5 Å². The van der Waals surface area contributed by atoms with E-state index in [0.29, 0.717) is 32.3 Å². The smallest absolute Gasteiger partial charge is 0.419 e. The molecule has 0 N–H and O–H groups in total. The summed E-state index contributed by atoms with van der Waals surface area (Å²) in [6.07, 6.45) is 3.74. The normalized spacial score (nSPS) is 13.7. The van der Waals surface area contributed by atoms with Crippen molar-refractivity contribution in [3.8, 4) is 11.3 Å². The van der Waals surface area contributed by atoms with E-state index in [-0.39, 0.29) is 17.9 Å². The van der Waals surface area contributed by atoms with Crippen LogP contribution in [0.2, 0.25) is 25.7 Å². The zero-order valence-electron chi connectivity index (χ0n) is 30.4. The Morgan fingerprint density at radius 2 is 1.43 bits per heavy atom. The Bertz CT molecular complexity index is 1490. The van der Waals surface area contributed by atoms with Gasteiger partial charge in [-0.3, -0.25) is 9.59 Å². The van der Waals surface area contributed by atoms with Gasteiger partial charge in [-0.05, 0) is 96.5 Å². The van der Waals surface area contributed by atoms with Gasteiger partial charge in [-0.2, -0.15) is 0 Å². The lowest BCUT2D eigenvalue weighted by atomic mass is 9.86. The minimum atomic E-state index is -1.37. The number of hydrogen-bond acceptors (Lipinski definition) is 6. The van der Waals surface area contributed by atoms with Crippen LogP contribution in [0.1, 0.15) is 86.1 Å². The number of aryl methyl sites for hydroxylation is 1. The maximum absolute atomic E-state index is 13.5. The van der Waals surface area contributed by atoms with E-state index < -0.39 is 31.3 Å². The SMILES string of the molecule is CCCC[C@@H](C[C@@H](CCc1ccc(-c2cc3ccccc3n2C(=O)OC(C)(C)C)cc1)C(=O)OCC[Si](C)(C)C)C(=O)OC(C)(C)C. The number of ether oxygens (including phenoxy) is 3. The molecule has 3 aromatic rings. The van der Waals surface area contributed by atoms with Crippen LogP contribution in [0.25, 0.3) is 22.2 Å². The number of rotatable bonds is 14. The van der Waals surface area contributed by atoms with Crippen LogP contribution in [0.15, 0.2) is 54.6 Å². The van der Waals surface area contributed by atoms with Gasteiger partial charge in [0.05, 0.1) is 29.7 Å². The Morgan fingerprint density at radius 3 is 2.02 bits per heavy atom. The number of esters is 2. The molecule has 0 unspecified atom stereocenters. The van der Waals surface area contributed by atoms with Gasteiger partial charge in [0.1, 0.15) is 11.2 Å². The van der Waals surface area contributed by atoms with E-state index in [1.807, 2.05) is 96.1 Å². The van der Waals surface area contributed by atoms with Gasteiger partial charge >= 0.3 is 18.0 Å². The first-order valence-electron chi connectivity index (χ1n) is 17.2. The van der Waals surface area contributed by atoms with E-state index in [1.54, 1.807) is 4.57 Å². The highest BCUT2D eigenvalue weighted by molar-refractivity contribution is 6.76. The van der Waals surface area contributed by atoms with E-state index in [1.165, 1.54) is 0 Å². The number of unbranched alkanes of at least 4 members (excludes halogenated alkanes) is 1. The number of hydrogen-bond donors (Lipinski definition) is 0. The lowest BCUT2D eigenvalue weighted by molar-refractivity contribution is -0.162. The van der Waals surface area contributed by atoms with Crippen LogP contribution in [0.4, 0.5) is 4.79 Å². The van der Waals surface area contributed by atoms with E-state index in [2.05, 4.69) is 26.6 Å². The molecule has 1 heterocycles. The van der Waals surface area contributed by atoms with Crippen molar-refractivity contribution in [2.75, 3.05) is 6.61 Å². The summed E-state index contributed by atoms with van der Waals surface area (Å²) in [4.78, 5) is 40.0. The van der Waals surface area contributed by atoms with E-state index in [0.717, 1.165) is 46.6 Å². The molecule has 0 spiro atoms. The van der Waals surface area contributed by atoms with Crippen molar-refractivity contribution in [2.45, 2.75) is 124 Å². The molecular weight excluding hydrogens is 607 g/mol. The van der Waals surface area contributed by atoms with Gasteiger partial charge in [-0.15, -0.1) is 0 Å². The minimum Gasteiger partial charge on any atom is -0.466 e. The molecule has 3 rings (SSSR count). The molecule has 0 radical (unpaired) electrons. The number of benzene rings is 2. The summed E-state index contributed by atoms with van der Waals surface area (Å²) in [7, 11) is -1.37. The average molecular weight is 664 g/mol. The number of nitrogens with zero attached hydrogens (tertiary/aromatic N) is 1. The summed E-state index contributed by atoms with van der Waals surface area (Å²) < 4.78 is 19.0. The zero-order valence-corrected chi connectivity index (χ0v) is 31.4. The quantitative estimate of drug-likeness (QED) is 0.0970. The van der Waals surface area contributed by atoms with Gasteiger partial charge < -0.3 is 14.2 Å². The lowest BCUT2D eigenvalue weighted by Gasteiger charge is -2.26. The Balaban J connectivity index is 1.84. The number of para-hydroxylation sites is 1. The fourth-order valence-electron chi connectivity index (χ4n) is 5.47. The van der Waals surface area contributed by atoms with Crippen molar-refractivity contribution in [3.63, 3.8) is 0 Å². The minimum absolute atomic E-state index is 0.230. The molecule has 1 aromatic heterocycles. The molecule has 2 aromatic carbocycles. The number of carbonyl (C=O) groups is 3. The van der Waals surface area contributed by atoms with E-state index in [4.69, 9.17) is 14.2 Å². The molecule has 0 aliphatic carbocycles. The van der Waals surface area contributed by atoms with Crippen LogP contribution < -0.4 is 0 Å². The second-order valence-corrected chi connectivity index (χ2v) is 21.5. The third-order valence-corrected chi connectivity index (χ3v) is 9.67. The third-order valence-electron chi connectivity index (χ3n) is 7.96. The van der Waals surface area contributed by atoms with Gasteiger partial charge in [-0.1, -0.05) is 81.9 Å². The number of fused-ring (bicyclic) bond motifs is 1. The molecule has 0 fully saturated rings. The zero-order chi connectivity index (χ0) is 35.0. The van der Waals surface area contributed by atoms with Gasteiger partial charge in [0.15, 0.2) is 0 Å². The van der Waals surface area contributed by atoms with Crippen LogP contribution in [0.3, 0.4) is 0 Å². The molecule has 0 amide bonds. The molecule has 258 valence electrons. The summed E-state index contributed by atoms with van der Waals surface area (Å²) in [6.45, 7) is 20.5. The Hall–Kier alpha value is -3.39. The highest BCUT2D eigenvalue weighted by Crippen LogP contribution is 2.31. The Morgan fingerprint density at radius 1 is 0.809 bits per heavy atom. The second kappa shape index (κ2) is 16.1. The number of carbonyl (C=O) groups excluding carboxylic acids is 3. The summed E-state index contributed by atoms with van der Waals surface area (Å²) >= 11 is 0. The summed E-state index contributed by atoms with van der Waals surface area (Å²) in [5, 5.41) is 0.954. The molecule has 8 heteroatoms. The van der Waals surface area contributed by atoms with E-state index >= 15 is 0 Å². The molecule has 0 saturated heterocycles. The number of aromatic nitrogens is 1. The molecule has 0 saturated carbocycles. The van der Waals surface area contributed by atoms with Crippen molar-refractivity contribution in [2.24, 2.45) is 11.8 Å². The molecule has 0 bridgehead atoms. The van der Waals surface area contributed by atoms with E-state index in [9.17, 15) is 14.4 Å². The third kappa shape index (κ3) is 12.3.